The lowest BCUT2D eigenvalue weighted by molar-refractivity contribution is -0.113. The van der Waals surface area contributed by atoms with Crippen LogP contribution in [0.4, 0.5) is 0 Å². The third kappa shape index (κ3) is 2.19. The van der Waals surface area contributed by atoms with Crippen LogP contribution in [0.15, 0.2) is 35.1 Å². The Balaban J connectivity index is 2.33. The smallest absolute Gasteiger partial charge is 0.281 e. The molecule has 1 amide bonds. The van der Waals surface area contributed by atoms with Gasteiger partial charge in [0, 0.05) is 5.02 Å². The molecule has 5 nitrogen and oxygen atoms in total. The Kier molecular flexibility index (Phi) is 2.93. The molecule has 0 bridgehead atoms. The highest BCUT2D eigenvalue weighted by molar-refractivity contribution is 6.72. The van der Waals surface area contributed by atoms with E-state index in [-0.39, 0.29) is 5.70 Å². The Morgan fingerprint density at radius 2 is 1.88 bits per heavy atom. The van der Waals surface area contributed by atoms with E-state index in [9.17, 15) is 9.59 Å². The molecule has 0 radical (unpaired) electrons. The first-order chi connectivity index (χ1) is 8.11. The van der Waals surface area contributed by atoms with Crippen LogP contribution in [0.3, 0.4) is 0 Å². The molecule has 86 valence electrons. The first-order valence-corrected chi connectivity index (χ1v) is 5.05. The van der Waals surface area contributed by atoms with Gasteiger partial charge in [0.1, 0.15) is 0 Å². The summed E-state index contributed by atoms with van der Waals surface area (Å²) in [6.07, 6.45) is 1.48. The van der Waals surface area contributed by atoms with Crippen LogP contribution < -0.4 is 5.32 Å². The van der Waals surface area contributed by atoms with E-state index in [0.717, 1.165) is 0 Å². The van der Waals surface area contributed by atoms with Crippen LogP contribution in [0.5, 0.6) is 0 Å². The van der Waals surface area contributed by atoms with E-state index in [0.29, 0.717) is 10.6 Å². The fourth-order valence-electron chi connectivity index (χ4n) is 1.39. The molecule has 0 atom stereocenters. The van der Waals surface area contributed by atoms with E-state index in [1.54, 1.807) is 24.3 Å². The molecule has 0 spiro atoms. The number of amides is 1. The van der Waals surface area contributed by atoms with Crippen LogP contribution in [-0.2, 0) is 9.59 Å². The van der Waals surface area contributed by atoms with E-state index in [4.69, 9.17) is 16.8 Å². The molecular formula is C11H7ClN2O3. The van der Waals surface area contributed by atoms with Gasteiger partial charge in [0.15, 0.2) is 0 Å². The van der Waals surface area contributed by atoms with Gasteiger partial charge in [-0.1, -0.05) is 28.9 Å². The molecule has 0 aliphatic carbocycles. The molecular weight excluding hydrogens is 244 g/mol. The van der Waals surface area contributed by atoms with Crippen molar-refractivity contribution >= 4 is 35.1 Å². The lowest BCUT2D eigenvalue weighted by atomic mass is 10.1. The predicted octanol–water partition coefficient (Wildman–Crippen LogP) is 1.21. The summed E-state index contributed by atoms with van der Waals surface area (Å²) in [6.45, 7) is 0. The fraction of sp³-hybridized carbons (Fsp3) is 0. The number of hydrogen-bond acceptors (Lipinski definition) is 4. The Morgan fingerprint density at radius 3 is 2.41 bits per heavy atom. The lowest BCUT2D eigenvalue weighted by Gasteiger charge is -1.96. The van der Waals surface area contributed by atoms with Crippen molar-refractivity contribution in [3.8, 4) is 0 Å². The maximum Gasteiger partial charge on any atom is 0.281 e. The van der Waals surface area contributed by atoms with Crippen molar-refractivity contribution in [3.05, 3.63) is 40.5 Å². The van der Waals surface area contributed by atoms with Gasteiger partial charge in [-0.15, -0.1) is 0 Å². The predicted molar refractivity (Wildman–Crippen MR) is 61.8 cm³/mol. The Hall–Kier alpha value is -2.14. The lowest BCUT2D eigenvalue weighted by Crippen LogP contribution is -2.19. The number of halogens is 1. The SMILES string of the molecule is O=C1NC(=Cc2ccc(Cl)cc2)C(=O)C1=NO. The summed E-state index contributed by atoms with van der Waals surface area (Å²) in [5.74, 6) is -1.34. The Morgan fingerprint density at radius 1 is 1.24 bits per heavy atom. The van der Waals surface area contributed by atoms with E-state index in [2.05, 4.69) is 10.5 Å². The Labute approximate surface area is 101 Å². The number of allylic oxidation sites excluding steroid dienone is 1. The van der Waals surface area contributed by atoms with Crippen LogP contribution in [0.25, 0.3) is 6.08 Å². The fourth-order valence-corrected chi connectivity index (χ4v) is 1.51. The van der Waals surface area contributed by atoms with Crippen molar-refractivity contribution in [1.29, 1.82) is 0 Å². The van der Waals surface area contributed by atoms with Gasteiger partial charge < -0.3 is 10.5 Å². The van der Waals surface area contributed by atoms with Crippen molar-refractivity contribution in [1.82, 2.24) is 5.32 Å². The molecule has 1 aliphatic rings. The van der Waals surface area contributed by atoms with Crippen LogP contribution in [0, 0.1) is 0 Å². The molecule has 17 heavy (non-hydrogen) atoms. The van der Waals surface area contributed by atoms with Gasteiger partial charge in [-0.05, 0) is 23.8 Å². The number of Topliss-reactive ketones (excluding diaryl/α,β-unsaturated/α-hetero) is 1. The minimum Gasteiger partial charge on any atom is -0.410 e. The highest BCUT2D eigenvalue weighted by atomic mass is 35.5. The second-order valence-electron chi connectivity index (χ2n) is 3.34. The number of carbonyl (C=O) groups excluding carboxylic acids is 2. The third-order valence-corrected chi connectivity index (χ3v) is 2.46. The number of hydrogen-bond donors (Lipinski definition) is 2. The van der Waals surface area contributed by atoms with Gasteiger partial charge in [-0.2, -0.15) is 0 Å². The van der Waals surface area contributed by atoms with Gasteiger partial charge in [-0.3, -0.25) is 9.59 Å². The zero-order chi connectivity index (χ0) is 12.4. The largest absolute Gasteiger partial charge is 0.410 e. The molecule has 0 unspecified atom stereocenters. The summed E-state index contributed by atoms with van der Waals surface area (Å²) < 4.78 is 0. The number of nitrogens with zero attached hydrogens (tertiary/aromatic N) is 1. The molecule has 1 heterocycles. The second kappa shape index (κ2) is 4.39. The summed E-state index contributed by atoms with van der Waals surface area (Å²) in [6, 6.07) is 6.72. The molecule has 2 rings (SSSR count). The number of carbonyl (C=O) groups is 2. The molecule has 1 aliphatic heterocycles. The number of oxime groups is 1. The summed E-state index contributed by atoms with van der Waals surface area (Å²) >= 11 is 5.72. The van der Waals surface area contributed by atoms with E-state index in [1.807, 2.05) is 0 Å². The van der Waals surface area contributed by atoms with Crippen LogP contribution in [0.2, 0.25) is 5.02 Å². The molecule has 6 heteroatoms. The second-order valence-corrected chi connectivity index (χ2v) is 3.78. The van der Waals surface area contributed by atoms with Crippen LogP contribution in [-0.4, -0.2) is 22.6 Å². The van der Waals surface area contributed by atoms with Gasteiger partial charge in [0.2, 0.25) is 11.5 Å². The van der Waals surface area contributed by atoms with Gasteiger partial charge in [0.25, 0.3) is 5.91 Å². The van der Waals surface area contributed by atoms with Crippen molar-refractivity contribution in [2.24, 2.45) is 5.16 Å². The number of benzene rings is 1. The normalized spacial score (nSPS) is 20.1. The molecule has 0 aromatic heterocycles. The highest BCUT2D eigenvalue weighted by Gasteiger charge is 2.33. The Bertz CT molecular complexity index is 546. The summed E-state index contributed by atoms with van der Waals surface area (Å²) in [7, 11) is 0. The maximum absolute atomic E-state index is 11.5. The molecule has 1 aromatic rings. The quantitative estimate of drug-likeness (QED) is 0.447. The van der Waals surface area contributed by atoms with E-state index >= 15 is 0 Å². The zero-order valence-electron chi connectivity index (χ0n) is 8.48. The minimum atomic E-state index is -0.710. The minimum absolute atomic E-state index is 0.0742. The maximum atomic E-state index is 11.5. The van der Waals surface area contributed by atoms with Gasteiger partial charge in [0.05, 0.1) is 5.70 Å². The first kappa shape index (κ1) is 11.3. The van der Waals surface area contributed by atoms with Crippen molar-refractivity contribution in [3.63, 3.8) is 0 Å². The standard InChI is InChI=1S/C11H7ClN2O3/c12-7-3-1-6(2-4-7)5-8-10(15)9(14-17)11(16)13-8/h1-5,17H,(H,13,16). The van der Waals surface area contributed by atoms with E-state index in [1.165, 1.54) is 6.08 Å². The monoisotopic (exact) mass is 250 g/mol. The number of ketones is 1. The average Bonchev–Trinajstić information content (AvgIpc) is 2.57. The van der Waals surface area contributed by atoms with Gasteiger partial charge >= 0.3 is 0 Å². The topological polar surface area (TPSA) is 78.8 Å². The highest BCUT2D eigenvalue weighted by Crippen LogP contribution is 2.14. The number of nitrogens with one attached hydrogen (secondary N) is 1. The van der Waals surface area contributed by atoms with Gasteiger partial charge in [-0.25, -0.2) is 0 Å². The first-order valence-electron chi connectivity index (χ1n) is 4.67. The summed E-state index contributed by atoms with van der Waals surface area (Å²) in [4.78, 5) is 22.7. The zero-order valence-corrected chi connectivity index (χ0v) is 9.23. The van der Waals surface area contributed by atoms with Crippen molar-refractivity contribution < 1.29 is 14.8 Å². The van der Waals surface area contributed by atoms with Crippen molar-refractivity contribution in [2.75, 3.05) is 0 Å². The van der Waals surface area contributed by atoms with Crippen molar-refractivity contribution in [2.45, 2.75) is 0 Å². The molecule has 1 aromatic carbocycles. The van der Waals surface area contributed by atoms with Crippen LogP contribution >= 0.6 is 11.6 Å². The molecule has 0 saturated carbocycles. The summed E-state index contributed by atoms with van der Waals surface area (Å²) in [5.41, 5.74) is 0.271. The molecule has 2 N–H and O–H groups in total. The summed E-state index contributed by atoms with van der Waals surface area (Å²) in [5, 5.41) is 14.0. The molecule has 1 fully saturated rings. The molecule has 1 saturated heterocycles. The third-order valence-electron chi connectivity index (χ3n) is 2.20. The average molecular weight is 251 g/mol. The number of rotatable bonds is 1. The van der Waals surface area contributed by atoms with Crippen LogP contribution in [0.1, 0.15) is 5.56 Å². The van der Waals surface area contributed by atoms with E-state index < -0.39 is 17.4 Å².